The predicted octanol–water partition coefficient (Wildman–Crippen LogP) is 14.8. The van der Waals surface area contributed by atoms with E-state index in [0.717, 1.165) is 26.2 Å². The van der Waals surface area contributed by atoms with E-state index in [0.29, 0.717) is 6.03 Å². The van der Waals surface area contributed by atoms with E-state index >= 15 is 0 Å². The van der Waals surface area contributed by atoms with Gasteiger partial charge < -0.3 is 9.80 Å². The van der Waals surface area contributed by atoms with Gasteiger partial charge in [-0.15, -0.1) is 0 Å². The van der Waals surface area contributed by atoms with Gasteiger partial charge in [-0.3, -0.25) is 0 Å². The Labute approximate surface area is 291 Å². The maximum absolute atomic E-state index is 13.5. The summed E-state index contributed by atoms with van der Waals surface area (Å²) >= 11 is 0. The molecule has 1 saturated heterocycles. The van der Waals surface area contributed by atoms with Crippen molar-refractivity contribution in [2.75, 3.05) is 26.2 Å². The fourth-order valence-corrected chi connectivity index (χ4v) is 7.47. The molecule has 3 heteroatoms. The zero-order valence-corrected chi connectivity index (χ0v) is 32.1. The van der Waals surface area contributed by atoms with E-state index in [-0.39, 0.29) is 0 Å². The van der Waals surface area contributed by atoms with E-state index in [2.05, 4.69) is 23.6 Å². The molecule has 0 spiro atoms. The Morgan fingerprint density at radius 2 is 0.543 bits per heavy atom. The molecular weight excluding hydrogens is 560 g/mol. The first-order chi connectivity index (χ1) is 22.8. The molecule has 1 aliphatic rings. The van der Waals surface area contributed by atoms with Gasteiger partial charge in [0.25, 0.3) is 0 Å². The van der Waals surface area contributed by atoms with Crippen LogP contribution in [0.2, 0.25) is 0 Å². The number of carbonyl (C=O) groups excluding carboxylic acids is 1. The van der Waals surface area contributed by atoms with Crippen molar-refractivity contribution in [2.45, 2.75) is 245 Å². The molecule has 0 atom stereocenters. The van der Waals surface area contributed by atoms with E-state index in [1.807, 2.05) is 0 Å². The highest BCUT2D eigenvalue weighted by Gasteiger charge is 2.21. The molecular formula is C43H86N2O. The van der Waals surface area contributed by atoms with Crippen molar-refractivity contribution in [1.82, 2.24) is 9.80 Å². The fraction of sp³-hybridized carbons (Fsp3) is 0.977. The van der Waals surface area contributed by atoms with Gasteiger partial charge in [0.1, 0.15) is 0 Å². The van der Waals surface area contributed by atoms with Crippen molar-refractivity contribution in [3.63, 3.8) is 0 Å². The molecule has 46 heavy (non-hydrogen) atoms. The average Bonchev–Trinajstić information content (AvgIpc) is 3.15. The molecule has 0 aliphatic carbocycles. The van der Waals surface area contributed by atoms with Crippen LogP contribution in [0, 0.1) is 0 Å². The van der Waals surface area contributed by atoms with E-state index < -0.39 is 0 Å². The van der Waals surface area contributed by atoms with E-state index in [9.17, 15) is 4.79 Å². The van der Waals surface area contributed by atoms with Gasteiger partial charge in [-0.25, -0.2) is 4.79 Å². The van der Waals surface area contributed by atoms with Crippen LogP contribution >= 0.6 is 0 Å². The van der Waals surface area contributed by atoms with Crippen molar-refractivity contribution in [3.8, 4) is 0 Å². The third-order valence-electron chi connectivity index (χ3n) is 10.7. The Bertz CT molecular complexity index is 558. The van der Waals surface area contributed by atoms with Crippen molar-refractivity contribution in [1.29, 1.82) is 0 Å². The van der Waals surface area contributed by atoms with Crippen LogP contribution in [0.1, 0.15) is 245 Å². The van der Waals surface area contributed by atoms with Crippen LogP contribution < -0.4 is 0 Å². The van der Waals surface area contributed by atoms with Crippen LogP contribution in [-0.4, -0.2) is 42.0 Å². The predicted molar refractivity (Wildman–Crippen MR) is 206 cm³/mol. The Hall–Kier alpha value is -0.730. The van der Waals surface area contributed by atoms with Crippen molar-refractivity contribution < 1.29 is 4.79 Å². The number of rotatable bonds is 34. The maximum atomic E-state index is 13.5. The third kappa shape index (κ3) is 28.3. The summed E-state index contributed by atoms with van der Waals surface area (Å²) in [7, 11) is 0. The molecule has 1 heterocycles. The van der Waals surface area contributed by atoms with Gasteiger partial charge in [-0.05, 0) is 25.7 Å². The highest BCUT2D eigenvalue weighted by atomic mass is 16.2. The summed E-state index contributed by atoms with van der Waals surface area (Å²) in [6.45, 7) is 8.52. The van der Waals surface area contributed by atoms with Crippen molar-refractivity contribution in [3.05, 3.63) is 0 Å². The summed E-state index contributed by atoms with van der Waals surface area (Å²) in [5, 5.41) is 0. The average molecular weight is 647 g/mol. The van der Waals surface area contributed by atoms with Crippen molar-refractivity contribution >= 4 is 6.03 Å². The number of amides is 2. The molecule has 274 valence electrons. The van der Waals surface area contributed by atoms with Gasteiger partial charge in [-0.1, -0.05) is 219 Å². The molecule has 1 fully saturated rings. The molecule has 0 aromatic heterocycles. The summed E-state index contributed by atoms with van der Waals surface area (Å²) in [5.74, 6) is 0. The maximum Gasteiger partial charge on any atom is 0.319 e. The molecule has 0 bridgehead atoms. The Morgan fingerprint density at radius 3 is 0.783 bits per heavy atom. The zero-order valence-electron chi connectivity index (χ0n) is 32.1. The summed E-state index contributed by atoms with van der Waals surface area (Å²) < 4.78 is 0. The topological polar surface area (TPSA) is 23.6 Å². The smallest absolute Gasteiger partial charge is 0.319 e. The SMILES string of the molecule is CCCCCCCCCCCCCCCCCCN1CCCCCCN(CCCCCCCCCCCCCCCCCC)C1=O. The van der Waals surface area contributed by atoms with Crippen LogP contribution in [0.4, 0.5) is 4.79 Å². The lowest BCUT2D eigenvalue weighted by Gasteiger charge is -2.30. The quantitative estimate of drug-likeness (QED) is 0.0638. The van der Waals surface area contributed by atoms with Gasteiger partial charge in [0, 0.05) is 26.2 Å². The van der Waals surface area contributed by atoms with Crippen LogP contribution in [0.15, 0.2) is 0 Å². The van der Waals surface area contributed by atoms with Crippen LogP contribution in [-0.2, 0) is 0 Å². The highest BCUT2D eigenvalue weighted by Crippen LogP contribution is 2.17. The van der Waals surface area contributed by atoms with Gasteiger partial charge in [0.05, 0.1) is 0 Å². The molecule has 1 aliphatic heterocycles. The summed E-state index contributed by atoms with van der Waals surface area (Å²) in [4.78, 5) is 17.9. The molecule has 0 aromatic rings. The standard InChI is InChI=1S/C43H86N2O/c1-3-5-7-9-11-13-15-17-19-21-23-25-27-29-31-35-39-44-41-37-33-34-38-42-45(43(44)46)40-36-32-30-28-26-24-22-20-18-16-14-12-10-8-6-4-2/h3-42H2,1-2H3. The number of unbranched alkanes of at least 4 members (excludes halogenated alkanes) is 30. The number of hydrogen-bond donors (Lipinski definition) is 0. The lowest BCUT2D eigenvalue weighted by Crippen LogP contribution is -2.44. The first kappa shape index (κ1) is 43.3. The number of hydrogen-bond acceptors (Lipinski definition) is 1. The Kier molecular flexibility index (Phi) is 33.5. The molecule has 0 aromatic carbocycles. The molecule has 0 radical (unpaired) electrons. The van der Waals surface area contributed by atoms with Gasteiger partial charge >= 0.3 is 6.03 Å². The fourth-order valence-electron chi connectivity index (χ4n) is 7.47. The van der Waals surface area contributed by atoms with Crippen LogP contribution in [0.25, 0.3) is 0 Å². The highest BCUT2D eigenvalue weighted by molar-refractivity contribution is 5.74. The van der Waals surface area contributed by atoms with Gasteiger partial charge in [0.15, 0.2) is 0 Å². The molecule has 0 N–H and O–H groups in total. The monoisotopic (exact) mass is 647 g/mol. The molecule has 0 saturated carbocycles. The van der Waals surface area contributed by atoms with Crippen molar-refractivity contribution in [2.24, 2.45) is 0 Å². The normalized spacial score (nSPS) is 14.5. The molecule has 0 unspecified atom stereocenters. The number of carbonyl (C=O) groups is 1. The van der Waals surface area contributed by atoms with Crippen LogP contribution in [0.3, 0.4) is 0 Å². The van der Waals surface area contributed by atoms with Gasteiger partial charge in [0.2, 0.25) is 0 Å². The molecule has 1 rings (SSSR count). The lowest BCUT2D eigenvalue weighted by atomic mass is 10.0. The van der Waals surface area contributed by atoms with Crippen LogP contribution in [0.5, 0.6) is 0 Å². The van der Waals surface area contributed by atoms with E-state index in [1.54, 1.807) is 0 Å². The second kappa shape index (κ2) is 35.6. The minimum Gasteiger partial charge on any atom is -0.325 e. The number of nitrogens with zero attached hydrogens (tertiary/aromatic N) is 2. The second-order valence-electron chi connectivity index (χ2n) is 15.3. The zero-order chi connectivity index (χ0) is 33.0. The minimum atomic E-state index is 0.351. The summed E-state index contributed by atoms with van der Waals surface area (Å²) in [6.07, 6.45) is 49.9. The Balaban J connectivity index is 2.01. The van der Waals surface area contributed by atoms with E-state index in [1.165, 1.54) is 231 Å². The largest absolute Gasteiger partial charge is 0.325 e. The first-order valence-electron chi connectivity index (χ1n) is 21.8. The molecule has 3 nitrogen and oxygen atoms in total. The van der Waals surface area contributed by atoms with Gasteiger partial charge in [-0.2, -0.15) is 0 Å². The van der Waals surface area contributed by atoms with E-state index in [4.69, 9.17) is 0 Å². The number of urea groups is 1. The third-order valence-corrected chi connectivity index (χ3v) is 10.7. The minimum absolute atomic E-state index is 0.351. The molecule has 2 amide bonds. The lowest BCUT2D eigenvalue weighted by molar-refractivity contribution is 0.152. The first-order valence-corrected chi connectivity index (χ1v) is 21.8. The second-order valence-corrected chi connectivity index (χ2v) is 15.3. The summed E-state index contributed by atoms with van der Waals surface area (Å²) in [6, 6.07) is 0.351. The summed E-state index contributed by atoms with van der Waals surface area (Å²) in [5.41, 5.74) is 0. The Morgan fingerprint density at radius 1 is 0.326 bits per heavy atom.